The van der Waals surface area contributed by atoms with E-state index >= 15 is 0 Å². The number of ether oxygens (including phenoxy) is 1. The van der Waals surface area contributed by atoms with E-state index in [1.54, 1.807) is 6.92 Å². The van der Waals surface area contributed by atoms with Crippen molar-refractivity contribution in [1.82, 2.24) is 4.98 Å². The molecular formula is C14H17N3O2. The Morgan fingerprint density at radius 3 is 2.95 bits per heavy atom. The lowest BCUT2D eigenvalue weighted by Gasteiger charge is -2.11. The van der Waals surface area contributed by atoms with Gasteiger partial charge in [-0.2, -0.15) is 0 Å². The topological polar surface area (TPSA) is 77.2 Å². The van der Waals surface area contributed by atoms with Crippen molar-refractivity contribution in [3.63, 3.8) is 0 Å². The van der Waals surface area contributed by atoms with Crippen LogP contribution in [-0.4, -0.2) is 24.1 Å². The smallest absolute Gasteiger partial charge is 0.325 e. The van der Waals surface area contributed by atoms with E-state index in [0.717, 1.165) is 16.5 Å². The van der Waals surface area contributed by atoms with Crippen LogP contribution in [0.4, 0.5) is 11.5 Å². The van der Waals surface area contributed by atoms with Gasteiger partial charge in [0.2, 0.25) is 0 Å². The van der Waals surface area contributed by atoms with Crippen molar-refractivity contribution in [1.29, 1.82) is 0 Å². The maximum Gasteiger partial charge on any atom is 0.325 e. The number of nitrogens with one attached hydrogen (secondary N) is 1. The molecule has 1 heterocycles. The molecule has 19 heavy (non-hydrogen) atoms. The highest BCUT2D eigenvalue weighted by Gasteiger charge is 2.08. The Labute approximate surface area is 111 Å². The lowest BCUT2D eigenvalue weighted by molar-refractivity contribution is -0.140. The average Bonchev–Trinajstić information content (AvgIpc) is 2.37. The first kappa shape index (κ1) is 13.1. The number of benzene rings is 1. The highest BCUT2D eigenvalue weighted by atomic mass is 16.5. The normalized spacial score (nSPS) is 10.4. The number of aryl methyl sites for hydroxylation is 1. The minimum Gasteiger partial charge on any atom is -0.465 e. The highest BCUT2D eigenvalue weighted by molar-refractivity contribution is 6.00. The summed E-state index contributed by atoms with van der Waals surface area (Å²) in [5, 5.41) is 4.83. The summed E-state index contributed by atoms with van der Waals surface area (Å²) in [5.74, 6) is 0.346. The van der Waals surface area contributed by atoms with Gasteiger partial charge in [0.05, 0.1) is 6.61 Å². The van der Waals surface area contributed by atoms with Crippen LogP contribution in [0, 0.1) is 6.92 Å². The van der Waals surface area contributed by atoms with Gasteiger partial charge in [-0.05, 0) is 26.0 Å². The molecule has 0 bridgehead atoms. The summed E-state index contributed by atoms with van der Waals surface area (Å²) in [6, 6.07) is 7.56. The molecule has 2 aromatic rings. The molecule has 0 aliphatic heterocycles. The van der Waals surface area contributed by atoms with Crippen LogP contribution in [-0.2, 0) is 9.53 Å². The van der Waals surface area contributed by atoms with Gasteiger partial charge in [-0.1, -0.05) is 12.1 Å². The third-order valence-corrected chi connectivity index (χ3v) is 2.74. The number of pyridine rings is 1. The summed E-state index contributed by atoms with van der Waals surface area (Å²) in [6.07, 6.45) is 0. The molecule has 5 nitrogen and oxygen atoms in total. The Bertz CT molecular complexity index is 611. The number of anilines is 2. The maximum absolute atomic E-state index is 11.4. The average molecular weight is 259 g/mol. The van der Waals surface area contributed by atoms with Crippen molar-refractivity contribution in [3.05, 3.63) is 30.0 Å². The number of nitrogens with zero attached hydrogens (tertiary/aromatic N) is 1. The van der Waals surface area contributed by atoms with Gasteiger partial charge < -0.3 is 15.8 Å². The Morgan fingerprint density at radius 2 is 2.21 bits per heavy atom. The lowest BCUT2D eigenvalue weighted by Crippen LogP contribution is -2.17. The van der Waals surface area contributed by atoms with E-state index in [9.17, 15) is 4.79 Å². The molecule has 2 rings (SSSR count). The van der Waals surface area contributed by atoms with Crippen molar-refractivity contribution in [2.45, 2.75) is 13.8 Å². The number of hydrogen-bond donors (Lipinski definition) is 2. The van der Waals surface area contributed by atoms with Gasteiger partial charge in [-0.15, -0.1) is 0 Å². The number of aromatic nitrogens is 1. The van der Waals surface area contributed by atoms with Crippen molar-refractivity contribution in [2.75, 3.05) is 24.2 Å². The van der Waals surface area contributed by atoms with E-state index in [-0.39, 0.29) is 12.5 Å². The zero-order chi connectivity index (χ0) is 13.8. The number of nitrogen functional groups attached to an aromatic ring is 1. The highest BCUT2D eigenvalue weighted by Crippen LogP contribution is 2.26. The molecule has 0 unspecified atom stereocenters. The van der Waals surface area contributed by atoms with Gasteiger partial charge in [0.1, 0.15) is 12.4 Å². The second-order valence-electron chi connectivity index (χ2n) is 4.21. The van der Waals surface area contributed by atoms with E-state index in [1.807, 2.05) is 31.2 Å². The molecule has 0 aliphatic carbocycles. The molecule has 100 valence electrons. The second kappa shape index (κ2) is 5.56. The SMILES string of the molecule is CCOC(=O)CNc1nc(C)cc2c(N)cccc12. The zero-order valence-electron chi connectivity index (χ0n) is 11.1. The number of fused-ring (bicyclic) bond motifs is 1. The summed E-state index contributed by atoms with van der Waals surface area (Å²) in [4.78, 5) is 15.8. The standard InChI is InChI=1S/C14H17N3O2/c1-3-19-13(18)8-16-14-10-5-4-6-12(15)11(10)7-9(2)17-14/h4-7H,3,8,15H2,1-2H3,(H,16,17). The van der Waals surface area contributed by atoms with E-state index < -0.39 is 0 Å². The molecular weight excluding hydrogens is 242 g/mol. The van der Waals surface area contributed by atoms with Crippen LogP contribution in [0.25, 0.3) is 10.8 Å². The monoisotopic (exact) mass is 259 g/mol. The molecule has 0 radical (unpaired) electrons. The number of nitrogens with two attached hydrogens (primary N) is 1. The first-order valence-corrected chi connectivity index (χ1v) is 6.17. The number of rotatable bonds is 4. The molecule has 0 fully saturated rings. The molecule has 0 spiro atoms. The molecule has 0 saturated heterocycles. The zero-order valence-corrected chi connectivity index (χ0v) is 11.1. The quantitative estimate of drug-likeness (QED) is 0.649. The Kier molecular flexibility index (Phi) is 3.85. The van der Waals surface area contributed by atoms with Crippen LogP contribution >= 0.6 is 0 Å². The van der Waals surface area contributed by atoms with Crippen LogP contribution in [0.2, 0.25) is 0 Å². The Balaban J connectivity index is 2.32. The van der Waals surface area contributed by atoms with Crippen LogP contribution in [0.5, 0.6) is 0 Å². The number of esters is 1. The van der Waals surface area contributed by atoms with Gasteiger partial charge in [-0.25, -0.2) is 4.98 Å². The summed E-state index contributed by atoms with van der Waals surface area (Å²) in [7, 11) is 0. The van der Waals surface area contributed by atoms with E-state index in [4.69, 9.17) is 10.5 Å². The van der Waals surface area contributed by atoms with Gasteiger partial charge in [-0.3, -0.25) is 4.79 Å². The largest absolute Gasteiger partial charge is 0.465 e. The molecule has 5 heteroatoms. The van der Waals surface area contributed by atoms with Crippen molar-refractivity contribution < 1.29 is 9.53 Å². The minimum absolute atomic E-state index is 0.0915. The van der Waals surface area contributed by atoms with Crippen LogP contribution in [0.15, 0.2) is 24.3 Å². The molecule has 3 N–H and O–H groups in total. The number of carbonyl (C=O) groups is 1. The summed E-state index contributed by atoms with van der Waals surface area (Å²) >= 11 is 0. The molecule has 0 aliphatic rings. The fourth-order valence-corrected chi connectivity index (χ4v) is 1.93. The summed E-state index contributed by atoms with van der Waals surface area (Å²) in [6.45, 7) is 4.13. The number of hydrogen-bond acceptors (Lipinski definition) is 5. The van der Waals surface area contributed by atoms with Crippen molar-refractivity contribution in [2.24, 2.45) is 0 Å². The first-order chi connectivity index (χ1) is 9.11. The third kappa shape index (κ3) is 2.93. The Hall–Kier alpha value is -2.30. The first-order valence-electron chi connectivity index (χ1n) is 6.17. The molecule has 0 amide bonds. The summed E-state index contributed by atoms with van der Waals surface area (Å²) in [5.41, 5.74) is 7.49. The van der Waals surface area contributed by atoms with Gasteiger partial charge >= 0.3 is 5.97 Å². The molecule has 0 atom stereocenters. The molecule has 1 aromatic carbocycles. The fraction of sp³-hybridized carbons (Fsp3) is 0.286. The van der Waals surface area contributed by atoms with Gasteiger partial charge in [0.25, 0.3) is 0 Å². The third-order valence-electron chi connectivity index (χ3n) is 2.74. The van der Waals surface area contributed by atoms with Crippen LogP contribution in [0.3, 0.4) is 0 Å². The van der Waals surface area contributed by atoms with Crippen molar-refractivity contribution >= 4 is 28.2 Å². The van der Waals surface area contributed by atoms with Crippen molar-refractivity contribution in [3.8, 4) is 0 Å². The van der Waals surface area contributed by atoms with E-state index in [0.29, 0.717) is 18.1 Å². The predicted molar refractivity (Wildman–Crippen MR) is 76.0 cm³/mol. The second-order valence-corrected chi connectivity index (χ2v) is 4.21. The maximum atomic E-state index is 11.4. The van der Waals surface area contributed by atoms with Gasteiger partial charge in [0.15, 0.2) is 0 Å². The Morgan fingerprint density at radius 1 is 1.42 bits per heavy atom. The molecule has 1 aromatic heterocycles. The lowest BCUT2D eigenvalue weighted by atomic mass is 10.1. The fourth-order valence-electron chi connectivity index (χ4n) is 1.93. The van der Waals surface area contributed by atoms with Gasteiger partial charge in [0, 0.05) is 22.2 Å². The van der Waals surface area contributed by atoms with E-state index in [2.05, 4.69) is 10.3 Å². The van der Waals surface area contributed by atoms with Crippen LogP contribution < -0.4 is 11.1 Å². The predicted octanol–water partition coefficient (Wildman–Crippen LogP) is 2.10. The number of carbonyl (C=O) groups excluding carboxylic acids is 1. The molecule has 0 saturated carbocycles. The minimum atomic E-state index is -0.303. The van der Waals surface area contributed by atoms with E-state index in [1.165, 1.54) is 0 Å². The summed E-state index contributed by atoms with van der Waals surface area (Å²) < 4.78 is 4.88. The van der Waals surface area contributed by atoms with Crippen LogP contribution in [0.1, 0.15) is 12.6 Å².